The summed E-state index contributed by atoms with van der Waals surface area (Å²) in [6, 6.07) is 7.74. The van der Waals surface area contributed by atoms with Gasteiger partial charge in [-0.15, -0.1) is 0 Å². The SMILES string of the molecule is O=C1CCC(=O)N1CCC(=O)N1CCCC1c1nc2ccccc2[nH]1. The molecule has 1 aromatic heterocycles. The number of fused-ring (bicyclic) bond motifs is 1. The molecule has 0 spiro atoms. The van der Waals surface area contributed by atoms with Gasteiger partial charge in [0, 0.05) is 32.4 Å². The van der Waals surface area contributed by atoms with Crippen molar-refractivity contribution in [3.63, 3.8) is 0 Å². The second-order valence-corrected chi connectivity index (χ2v) is 6.57. The van der Waals surface area contributed by atoms with Gasteiger partial charge in [0.1, 0.15) is 5.82 Å². The summed E-state index contributed by atoms with van der Waals surface area (Å²) in [5, 5.41) is 0. The average molecular weight is 340 g/mol. The number of likely N-dealkylation sites (tertiary alicyclic amines) is 2. The minimum Gasteiger partial charge on any atom is -0.340 e. The Hall–Kier alpha value is -2.70. The molecule has 0 saturated carbocycles. The van der Waals surface area contributed by atoms with E-state index >= 15 is 0 Å². The van der Waals surface area contributed by atoms with Crippen LogP contribution in [0.5, 0.6) is 0 Å². The number of para-hydroxylation sites is 2. The zero-order valence-corrected chi connectivity index (χ0v) is 13.9. The number of H-pyrrole nitrogens is 1. The molecule has 2 saturated heterocycles. The van der Waals surface area contributed by atoms with Crippen molar-refractivity contribution in [2.75, 3.05) is 13.1 Å². The molecule has 130 valence electrons. The lowest BCUT2D eigenvalue weighted by Crippen LogP contribution is -2.36. The maximum absolute atomic E-state index is 12.6. The smallest absolute Gasteiger partial charge is 0.229 e. The van der Waals surface area contributed by atoms with E-state index in [0.29, 0.717) is 6.54 Å². The lowest BCUT2D eigenvalue weighted by atomic mass is 10.2. The molecule has 2 aliphatic heterocycles. The molecule has 0 aliphatic carbocycles. The fraction of sp³-hybridized carbons (Fsp3) is 0.444. The third-order valence-corrected chi connectivity index (χ3v) is 5.00. The first-order valence-corrected chi connectivity index (χ1v) is 8.71. The largest absolute Gasteiger partial charge is 0.340 e. The Labute approximate surface area is 145 Å². The van der Waals surface area contributed by atoms with Gasteiger partial charge in [-0.3, -0.25) is 19.3 Å². The van der Waals surface area contributed by atoms with Gasteiger partial charge in [0.2, 0.25) is 17.7 Å². The van der Waals surface area contributed by atoms with Crippen LogP contribution in [0.15, 0.2) is 24.3 Å². The number of hydrogen-bond acceptors (Lipinski definition) is 4. The molecule has 2 aliphatic rings. The third-order valence-electron chi connectivity index (χ3n) is 5.00. The molecular weight excluding hydrogens is 320 g/mol. The van der Waals surface area contributed by atoms with Gasteiger partial charge in [-0.25, -0.2) is 4.98 Å². The van der Waals surface area contributed by atoms with Gasteiger partial charge in [0.15, 0.2) is 0 Å². The van der Waals surface area contributed by atoms with E-state index in [1.807, 2.05) is 29.2 Å². The number of carbonyl (C=O) groups excluding carboxylic acids is 3. The molecule has 3 amide bonds. The number of imide groups is 1. The van der Waals surface area contributed by atoms with Crippen LogP contribution in [0.25, 0.3) is 11.0 Å². The molecule has 3 heterocycles. The van der Waals surface area contributed by atoms with Crippen LogP contribution in [-0.2, 0) is 14.4 Å². The number of aromatic nitrogens is 2. The zero-order chi connectivity index (χ0) is 17.4. The second kappa shape index (κ2) is 6.31. The van der Waals surface area contributed by atoms with Crippen molar-refractivity contribution in [2.45, 2.75) is 38.1 Å². The molecule has 25 heavy (non-hydrogen) atoms. The predicted molar refractivity (Wildman–Crippen MR) is 90.4 cm³/mol. The molecule has 0 radical (unpaired) electrons. The average Bonchev–Trinajstić information content (AvgIpc) is 3.31. The summed E-state index contributed by atoms with van der Waals surface area (Å²) in [6.45, 7) is 0.863. The van der Waals surface area contributed by atoms with Gasteiger partial charge in [-0.2, -0.15) is 0 Å². The summed E-state index contributed by atoms with van der Waals surface area (Å²) in [6.07, 6.45) is 2.49. The predicted octanol–water partition coefficient (Wildman–Crippen LogP) is 1.77. The van der Waals surface area contributed by atoms with Crippen molar-refractivity contribution < 1.29 is 14.4 Å². The number of rotatable bonds is 4. The molecule has 1 aromatic carbocycles. The molecule has 7 heteroatoms. The van der Waals surface area contributed by atoms with Crippen LogP contribution in [-0.4, -0.2) is 50.6 Å². The lowest BCUT2D eigenvalue weighted by Gasteiger charge is -2.24. The van der Waals surface area contributed by atoms with Crippen LogP contribution in [0, 0.1) is 0 Å². The summed E-state index contributed by atoms with van der Waals surface area (Å²) in [4.78, 5) is 47.0. The van der Waals surface area contributed by atoms with Crippen molar-refractivity contribution in [1.29, 1.82) is 0 Å². The maximum atomic E-state index is 12.6. The Morgan fingerprint density at radius 1 is 1.20 bits per heavy atom. The van der Waals surface area contributed by atoms with E-state index in [1.165, 1.54) is 4.90 Å². The van der Waals surface area contributed by atoms with Crippen LogP contribution >= 0.6 is 0 Å². The topological polar surface area (TPSA) is 86.4 Å². The fourth-order valence-electron chi connectivity index (χ4n) is 3.70. The molecule has 1 unspecified atom stereocenters. The van der Waals surface area contributed by atoms with Crippen molar-refractivity contribution in [3.8, 4) is 0 Å². The third kappa shape index (κ3) is 2.90. The second-order valence-electron chi connectivity index (χ2n) is 6.57. The molecule has 4 rings (SSSR count). The van der Waals surface area contributed by atoms with Crippen molar-refractivity contribution >= 4 is 28.8 Å². The van der Waals surface area contributed by atoms with Crippen LogP contribution in [0.1, 0.15) is 44.0 Å². The van der Waals surface area contributed by atoms with Crippen molar-refractivity contribution in [3.05, 3.63) is 30.1 Å². The molecule has 7 nitrogen and oxygen atoms in total. The number of hydrogen-bond donors (Lipinski definition) is 1. The number of imidazole rings is 1. The minimum atomic E-state index is -0.173. The van der Waals surface area contributed by atoms with Gasteiger partial charge in [0.25, 0.3) is 0 Å². The number of benzene rings is 1. The quantitative estimate of drug-likeness (QED) is 0.860. The highest BCUT2D eigenvalue weighted by molar-refractivity contribution is 6.02. The molecule has 0 bridgehead atoms. The minimum absolute atomic E-state index is 0.0320. The van der Waals surface area contributed by atoms with Crippen LogP contribution < -0.4 is 0 Å². The van der Waals surface area contributed by atoms with Crippen molar-refractivity contribution in [1.82, 2.24) is 19.8 Å². The molecular formula is C18H20N4O3. The highest BCUT2D eigenvalue weighted by atomic mass is 16.2. The lowest BCUT2D eigenvalue weighted by molar-refractivity contribution is -0.139. The Bertz CT molecular complexity index is 795. The van der Waals surface area contributed by atoms with Gasteiger partial charge < -0.3 is 9.88 Å². The van der Waals surface area contributed by atoms with E-state index in [2.05, 4.69) is 9.97 Å². The number of carbonyl (C=O) groups is 3. The van der Waals surface area contributed by atoms with E-state index in [4.69, 9.17) is 0 Å². The normalized spacial score (nSPS) is 20.9. The standard InChI is InChI=1S/C18H20N4O3/c23-15-7-8-16(24)22(15)11-9-17(25)21-10-3-6-14(21)18-19-12-4-1-2-5-13(12)20-18/h1-2,4-5,14H,3,6-11H2,(H,19,20). The Morgan fingerprint density at radius 2 is 1.96 bits per heavy atom. The summed E-state index contributed by atoms with van der Waals surface area (Å²) in [5.41, 5.74) is 1.86. The van der Waals surface area contributed by atoms with E-state index in [-0.39, 0.29) is 49.6 Å². The highest BCUT2D eigenvalue weighted by Crippen LogP contribution is 2.32. The Kier molecular flexibility index (Phi) is 3.99. The van der Waals surface area contributed by atoms with Gasteiger partial charge in [-0.1, -0.05) is 12.1 Å². The van der Waals surface area contributed by atoms with E-state index < -0.39 is 0 Å². The van der Waals surface area contributed by atoms with Crippen molar-refractivity contribution in [2.24, 2.45) is 0 Å². The number of nitrogens with one attached hydrogen (secondary N) is 1. The number of aromatic amines is 1. The van der Waals surface area contributed by atoms with Crippen LogP contribution in [0.4, 0.5) is 0 Å². The monoisotopic (exact) mass is 340 g/mol. The van der Waals surface area contributed by atoms with Gasteiger partial charge in [0.05, 0.1) is 17.1 Å². The summed E-state index contributed by atoms with van der Waals surface area (Å²) < 4.78 is 0. The van der Waals surface area contributed by atoms with E-state index in [9.17, 15) is 14.4 Å². The van der Waals surface area contributed by atoms with Gasteiger partial charge in [-0.05, 0) is 25.0 Å². The number of amides is 3. The van der Waals surface area contributed by atoms with Crippen LogP contribution in [0.3, 0.4) is 0 Å². The Morgan fingerprint density at radius 3 is 2.72 bits per heavy atom. The van der Waals surface area contributed by atoms with Crippen LogP contribution in [0.2, 0.25) is 0 Å². The molecule has 2 fully saturated rings. The molecule has 1 atom stereocenters. The summed E-state index contributed by atoms with van der Waals surface area (Å²) in [7, 11) is 0. The Balaban J connectivity index is 1.46. The highest BCUT2D eigenvalue weighted by Gasteiger charge is 2.34. The first kappa shape index (κ1) is 15.8. The first-order valence-electron chi connectivity index (χ1n) is 8.71. The van der Waals surface area contributed by atoms with Gasteiger partial charge >= 0.3 is 0 Å². The zero-order valence-electron chi connectivity index (χ0n) is 13.9. The molecule has 2 aromatic rings. The fourth-order valence-corrected chi connectivity index (χ4v) is 3.70. The first-order chi connectivity index (χ1) is 12.1. The summed E-state index contributed by atoms with van der Waals surface area (Å²) >= 11 is 0. The summed E-state index contributed by atoms with van der Waals surface area (Å²) in [5.74, 6) is 0.428. The van der Waals surface area contributed by atoms with E-state index in [0.717, 1.165) is 29.7 Å². The maximum Gasteiger partial charge on any atom is 0.229 e. The number of nitrogens with zero attached hydrogens (tertiary/aromatic N) is 3. The van der Waals surface area contributed by atoms with E-state index in [1.54, 1.807) is 0 Å². The molecule has 1 N–H and O–H groups in total.